The molecule has 2 N–H and O–H groups in total. The summed E-state index contributed by atoms with van der Waals surface area (Å²) in [5, 5.41) is 0. The molecule has 3 nitrogen and oxygen atoms in total. The first-order valence-corrected chi connectivity index (χ1v) is 7.57. The van der Waals surface area contributed by atoms with Gasteiger partial charge < -0.3 is 10.6 Å². The zero-order valence-corrected chi connectivity index (χ0v) is 13.2. The van der Waals surface area contributed by atoms with Crippen molar-refractivity contribution < 1.29 is 4.79 Å². The molecular weight excluding hydrogens is 272 g/mol. The molecule has 3 heteroatoms. The van der Waals surface area contributed by atoms with E-state index < -0.39 is 5.41 Å². The van der Waals surface area contributed by atoms with Crippen LogP contribution in [-0.4, -0.2) is 30.9 Å². The van der Waals surface area contributed by atoms with Crippen LogP contribution in [0.2, 0.25) is 0 Å². The molecule has 0 spiro atoms. The highest BCUT2D eigenvalue weighted by molar-refractivity contribution is 5.92. The highest BCUT2D eigenvalue weighted by atomic mass is 16.1. The van der Waals surface area contributed by atoms with E-state index in [0.29, 0.717) is 0 Å². The molecule has 0 aromatic heterocycles. The first-order chi connectivity index (χ1) is 10.6. The largest absolute Gasteiger partial charge is 0.369 e. The minimum Gasteiger partial charge on any atom is -0.369 e. The van der Waals surface area contributed by atoms with Gasteiger partial charge in [0, 0.05) is 6.54 Å². The summed E-state index contributed by atoms with van der Waals surface area (Å²) in [4.78, 5) is 14.9. The van der Waals surface area contributed by atoms with E-state index in [1.165, 1.54) is 0 Å². The van der Waals surface area contributed by atoms with E-state index in [0.717, 1.165) is 30.6 Å². The number of amides is 1. The molecule has 22 heavy (non-hydrogen) atoms. The van der Waals surface area contributed by atoms with Crippen LogP contribution in [0, 0.1) is 5.92 Å². The van der Waals surface area contributed by atoms with E-state index in [1.807, 2.05) is 36.4 Å². The summed E-state index contributed by atoms with van der Waals surface area (Å²) >= 11 is 0. The second-order valence-electron chi connectivity index (χ2n) is 5.85. The van der Waals surface area contributed by atoms with Crippen LogP contribution in [0.4, 0.5) is 0 Å². The molecule has 0 radical (unpaired) electrons. The summed E-state index contributed by atoms with van der Waals surface area (Å²) in [7, 11) is 2.07. The smallest absolute Gasteiger partial charge is 0.232 e. The molecule has 1 fully saturated rings. The maximum Gasteiger partial charge on any atom is 0.232 e. The van der Waals surface area contributed by atoms with Gasteiger partial charge >= 0.3 is 0 Å². The van der Waals surface area contributed by atoms with Crippen LogP contribution in [-0.2, 0) is 10.2 Å². The fourth-order valence-corrected chi connectivity index (χ4v) is 3.60. The highest BCUT2D eigenvalue weighted by Crippen LogP contribution is 2.44. The van der Waals surface area contributed by atoms with E-state index in [9.17, 15) is 4.79 Å². The van der Waals surface area contributed by atoms with Crippen molar-refractivity contribution in [3.8, 4) is 0 Å². The van der Waals surface area contributed by atoms with Gasteiger partial charge in [-0.3, -0.25) is 4.79 Å². The third-order valence-corrected chi connectivity index (χ3v) is 4.59. The number of rotatable bonds is 6. The number of nitrogens with two attached hydrogens (primary N) is 1. The SMILES string of the molecule is C=C/C=C(\C=C)C(C(N)=O)(c1ccccc1)C1CCN(C)C1. The van der Waals surface area contributed by atoms with Gasteiger partial charge in [0.15, 0.2) is 0 Å². The van der Waals surface area contributed by atoms with Crippen molar-refractivity contribution in [2.24, 2.45) is 11.7 Å². The molecular formula is C19H24N2O. The van der Waals surface area contributed by atoms with Crippen molar-refractivity contribution in [2.45, 2.75) is 11.8 Å². The molecule has 2 unspecified atom stereocenters. The van der Waals surface area contributed by atoms with Gasteiger partial charge in [-0.05, 0) is 37.1 Å². The van der Waals surface area contributed by atoms with Crippen molar-refractivity contribution >= 4 is 5.91 Å². The Morgan fingerprint density at radius 1 is 1.36 bits per heavy atom. The topological polar surface area (TPSA) is 46.3 Å². The second kappa shape index (κ2) is 6.75. The molecule has 0 aliphatic carbocycles. The number of carbonyl (C=O) groups is 1. The predicted molar refractivity (Wildman–Crippen MR) is 91.4 cm³/mol. The summed E-state index contributed by atoms with van der Waals surface area (Å²) in [6, 6.07) is 9.79. The summed E-state index contributed by atoms with van der Waals surface area (Å²) < 4.78 is 0. The van der Waals surface area contributed by atoms with Gasteiger partial charge in [-0.1, -0.05) is 61.7 Å². The maximum atomic E-state index is 12.7. The maximum absolute atomic E-state index is 12.7. The van der Waals surface area contributed by atoms with Gasteiger partial charge in [-0.15, -0.1) is 0 Å². The van der Waals surface area contributed by atoms with Crippen LogP contribution >= 0.6 is 0 Å². The second-order valence-corrected chi connectivity index (χ2v) is 5.85. The Morgan fingerprint density at radius 3 is 2.50 bits per heavy atom. The lowest BCUT2D eigenvalue weighted by molar-refractivity contribution is -0.123. The van der Waals surface area contributed by atoms with Gasteiger partial charge in [-0.2, -0.15) is 0 Å². The van der Waals surface area contributed by atoms with Gasteiger partial charge in [0.05, 0.1) is 0 Å². The van der Waals surface area contributed by atoms with Crippen LogP contribution in [0.25, 0.3) is 0 Å². The molecule has 1 aromatic carbocycles. The van der Waals surface area contributed by atoms with Crippen LogP contribution in [0.1, 0.15) is 12.0 Å². The van der Waals surface area contributed by atoms with Gasteiger partial charge in [-0.25, -0.2) is 0 Å². The number of allylic oxidation sites excluding steroid dienone is 3. The molecule has 0 saturated carbocycles. The van der Waals surface area contributed by atoms with E-state index in [2.05, 4.69) is 25.1 Å². The lowest BCUT2D eigenvalue weighted by Gasteiger charge is -2.38. The van der Waals surface area contributed by atoms with Crippen molar-refractivity contribution in [3.63, 3.8) is 0 Å². The van der Waals surface area contributed by atoms with Crippen LogP contribution in [0.3, 0.4) is 0 Å². The average Bonchev–Trinajstić information content (AvgIpc) is 2.94. The van der Waals surface area contributed by atoms with Crippen molar-refractivity contribution in [2.75, 3.05) is 20.1 Å². The zero-order chi connectivity index (χ0) is 16.2. The quantitative estimate of drug-likeness (QED) is 0.820. The summed E-state index contributed by atoms with van der Waals surface area (Å²) in [5.74, 6) is -0.200. The molecule has 1 heterocycles. The van der Waals surface area contributed by atoms with E-state index in [4.69, 9.17) is 5.73 Å². The van der Waals surface area contributed by atoms with Crippen molar-refractivity contribution in [1.29, 1.82) is 0 Å². The standard InChI is InChI=1S/C19H24N2O/c1-4-9-15(5-2)19(18(20)22,16-10-7-6-8-11-16)17-12-13-21(3)14-17/h4-11,17H,1-2,12-14H2,3H3,(H2,20,22)/b15-9+. The van der Waals surface area contributed by atoms with E-state index >= 15 is 0 Å². The third kappa shape index (κ3) is 2.64. The molecule has 2 rings (SSSR count). The van der Waals surface area contributed by atoms with Crippen molar-refractivity contribution in [3.05, 3.63) is 72.9 Å². The predicted octanol–water partition coefficient (Wildman–Crippen LogP) is 2.66. The number of likely N-dealkylation sites (tertiary alicyclic amines) is 1. The molecule has 1 aromatic rings. The summed E-state index contributed by atoms with van der Waals surface area (Å²) in [6.07, 6.45) is 6.20. The highest BCUT2D eigenvalue weighted by Gasteiger charge is 2.49. The number of hydrogen-bond donors (Lipinski definition) is 1. The molecule has 1 aliphatic rings. The first-order valence-electron chi connectivity index (χ1n) is 7.57. The minimum atomic E-state index is -0.859. The Kier molecular flexibility index (Phi) is 4.99. The summed E-state index contributed by atoms with van der Waals surface area (Å²) in [5.41, 5.74) is 6.84. The minimum absolute atomic E-state index is 0.126. The zero-order valence-electron chi connectivity index (χ0n) is 13.2. The fraction of sp³-hybridized carbons (Fsp3) is 0.316. The number of benzene rings is 1. The van der Waals surface area contributed by atoms with Gasteiger partial charge in [0.2, 0.25) is 5.91 Å². The number of carbonyl (C=O) groups excluding carboxylic acids is 1. The Morgan fingerprint density at radius 2 is 2.05 bits per heavy atom. The third-order valence-electron chi connectivity index (χ3n) is 4.59. The lowest BCUT2D eigenvalue weighted by atomic mass is 9.64. The Hall–Kier alpha value is -2.13. The fourth-order valence-electron chi connectivity index (χ4n) is 3.60. The number of nitrogens with zero attached hydrogens (tertiary/aromatic N) is 1. The van der Waals surface area contributed by atoms with E-state index in [1.54, 1.807) is 12.2 Å². The molecule has 1 saturated heterocycles. The van der Waals surface area contributed by atoms with Crippen molar-refractivity contribution in [1.82, 2.24) is 4.90 Å². The number of primary amides is 1. The van der Waals surface area contributed by atoms with E-state index in [-0.39, 0.29) is 11.8 Å². The van der Waals surface area contributed by atoms with Gasteiger partial charge in [0.25, 0.3) is 0 Å². The lowest BCUT2D eigenvalue weighted by Crippen LogP contribution is -2.49. The first kappa shape index (κ1) is 16.2. The number of hydrogen-bond acceptors (Lipinski definition) is 2. The molecule has 1 aliphatic heterocycles. The van der Waals surface area contributed by atoms with Crippen LogP contribution < -0.4 is 5.73 Å². The molecule has 116 valence electrons. The molecule has 1 amide bonds. The monoisotopic (exact) mass is 296 g/mol. The Balaban J connectivity index is 2.70. The van der Waals surface area contributed by atoms with Crippen LogP contribution in [0.15, 0.2) is 67.3 Å². The Labute approximate surface area is 132 Å². The molecule has 0 bridgehead atoms. The summed E-state index contributed by atoms with van der Waals surface area (Å²) in [6.45, 7) is 9.47. The normalized spacial score (nSPS) is 22.0. The van der Waals surface area contributed by atoms with Gasteiger partial charge in [0.1, 0.15) is 5.41 Å². The average molecular weight is 296 g/mol. The Bertz CT molecular complexity index is 591. The van der Waals surface area contributed by atoms with Crippen LogP contribution in [0.5, 0.6) is 0 Å². The molecule has 2 atom stereocenters.